The first-order chi connectivity index (χ1) is 5.29. The van der Waals surface area contributed by atoms with E-state index in [1.165, 1.54) is 5.56 Å². The van der Waals surface area contributed by atoms with Crippen molar-refractivity contribution in [1.82, 2.24) is 9.99 Å². The number of rotatable bonds is 0. The van der Waals surface area contributed by atoms with Gasteiger partial charge in [0.05, 0.1) is 0 Å². The SMILES string of the molecule is CN1Cc2cccnc2N1C. The molecule has 11 heavy (non-hydrogen) atoms. The zero-order chi connectivity index (χ0) is 7.84. The lowest BCUT2D eigenvalue weighted by atomic mass is 10.3. The van der Waals surface area contributed by atoms with E-state index in [-0.39, 0.29) is 0 Å². The van der Waals surface area contributed by atoms with Gasteiger partial charge in [0.2, 0.25) is 0 Å². The first kappa shape index (κ1) is 6.61. The molecule has 0 aromatic carbocycles. The minimum Gasteiger partial charge on any atom is -0.292 e. The molecule has 2 rings (SSSR count). The number of fused-ring (bicyclic) bond motifs is 1. The van der Waals surface area contributed by atoms with Gasteiger partial charge in [0.15, 0.2) is 0 Å². The molecule has 1 aliphatic heterocycles. The van der Waals surface area contributed by atoms with Crippen LogP contribution < -0.4 is 5.01 Å². The van der Waals surface area contributed by atoms with Gasteiger partial charge in [-0.1, -0.05) is 6.07 Å². The van der Waals surface area contributed by atoms with E-state index in [4.69, 9.17) is 0 Å². The second kappa shape index (κ2) is 2.20. The summed E-state index contributed by atoms with van der Waals surface area (Å²) in [5.74, 6) is 1.08. The van der Waals surface area contributed by atoms with Gasteiger partial charge in [0, 0.05) is 32.4 Å². The topological polar surface area (TPSA) is 19.4 Å². The third-order valence-corrected chi connectivity index (χ3v) is 2.09. The quantitative estimate of drug-likeness (QED) is 0.546. The molecule has 3 heteroatoms. The first-order valence-corrected chi connectivity index (χ1v) is 3.67. The smallest absolute Gasteiger partial charge is 0.147 e. The summed E-state index contributed by atoms with van der Waals surface area (Å²) < 4.78 is 0. The van der Waals surface area contributed by atoms with Crippen LogP contribution in [0.2, 0.25) is 0 Å². The van der Waals surface area contributed by atoms with E-state index in [0.29, 0.717) is 0 Å². The van der Waals surface area contributed by atoms with Crippen LogP contribution in [0.4, 0.5) is 5.82 Å². The van der Waals surface area contributed by atoms with E-state index in [1.807, 2.05) is 19.3 Å². The Hall–Kier alpha value is -1.09. The number of hydrogen-bond acceptors (Lipinski definition) is 3. The van der Waals surface area contributed by atoms with Gasteiger partial charge in [-0.3, -0.25) is 5.01 Å². The molecule has 0 atom stereocenters. The summed E-state index contributed by atoms with van der Waals surface area (Å²) in [7, 11) is 4.08. The Morgan fingerprint density at radius 2 is 2.27 bits per heavy atom. The molecule has 0 radical (unpaired) electrons. The van der Waals surface area contributed by atoms with Crippen LogP contribution in [0.3, 0.4) is 0 Å². The molecule has 0 spiro atoms. The molecule has 0 bridgehead atoms. The fourth-order valence-corrected chi connectivity index (χ4v) is 1.36. The molecule has 0 saturated carbocycles. The average Bonchev–Trinajstić information content (AvgIpc) is 2.30. The lowest BCUT2D eigenvalue weighted by molar-refractivity contribution is 0.343. The minimum absolute atomic E-state index is 0.972. The van der Waals surface area contributed by atoms with E-state index in [9.17, 15) is 0 Å². The lowest BCUT2D eigenvalue weighted by Crippen LogP contribution is -2.30. The fourth-order valence-electron chi connectivity index (χ4n) is 1.36. The summed E-state index contributed by atoms with van der Waals surface area (Å²) >= 11 is 0. The second-order valence-electron chi connectivity index (χ2n) is 2.83. The van der Waals surface area contributed by atoms with Crippen LogP contribution in [0.5, 0.6) is 0 Å². The van der Waals surface area contributed by atoms with Gasteiger partial charge in [-0.15, -0.1) is 0 Å². The highest BCUT2D eigenvalue weighted by atomic mass is 15.6. The van der Waals surface area contributed by atoms with Gasteiger partial charge in [-0.05, 0) is 6.07 Å². The summed E-state index contributed by atoms with van der Waals surface area (Å²) in [6, 6.07) is 4.09. The second-order valence-corrected chi connectivity index (χ2v) is 2.83. The van der Waals surface area contributed by atoms with Gasteiger partial charge in [-0.2, -0.15) is 0 Å². The van der Waals surface area contributed by atoms with Crippen molar-refractivity contribution in [2.45, 2.75) is 6.54 Å². The molecule has 0 aliphatic carbocycles. The number of pyridine rings is 1. The molecule has 0 N–H and O–H groups in total. The molecule has 3 nitrogen and oxygen atoms in total. The lowest BCUT2D eigenvalue weighted by Gasteiger charge is -2.19. The van der Waals surface area contributed by atoms with Gasteiger partial charge in [0.25, 0.3) is 0 Å². The summed E-state index contributed by atoms with van der Waals surface area (Å²) in [6.07, 6.45) is 1.83. The average molecular weight is 149 g/mol. The predicted molar refractivity (Wildman–Crippen MR) is 44.1 cm³/mol. The fraction of sp³-hybridized carbons (Fsp3) is 0.375. The Balaban J connectivity index is 2.47. The summed E-state index contributed by atoms with van der Waals surface area (Å²) in [4.78, 5) is 4.27. The van der Waals surface area contributed by atoms with Crippen molar-refractivity contribution < 1.29 is 0 Å². The maximum Gasteiger partial charge on any atom is 0.147 e. The van der Waals surface area contributed by atoms with Crippen LogP contribution >= 0.6 is 0 Å². The van der Waals surface area contributed by atoms with Crippen molar-refractivity contribution in [3.05, 3.63) is 23.9 Å². The van der Waals surface area contributed by atoms with Gasteiger partial charge in [0.1, 0.15) is 5.82 Å². The van der Waals surface area contributed by atoms with E-state index in [2.05, 4.69) is 28.1 Å². The highest BCUT2D eigenvalue weighted by molar-refractivity contribution is 5.48. The van der Waals surface area contributed by atoms with Crippen LogP contribution in [-0.2, 0) is 6.54 Å². The Morgan fingerprint density at radius 3 is 3.00 bits per heavy atom. The van der Waals surface area contributed by atoms with Gasteiger partial charge < -0.3 is 0 Å². The van der Waals surface area contributed by atoms with Crippen molar-refractivity contribution in [3.8, 4) is 0 Å². The molecule has 0 fully saturated rings. The van der Waals surface area contributed by atoms with Crippen LogP contribution in [0.15, 0.2) is 18.3 Å². The Morgan fingerprint density at radius 1 is 1.45 bits per heavy atom. The third kappa shape index (κ3) is 0.886. The van der Waals surface area contributed by atoms with Crippen LogP contribution in [0.25, 0.3) is 0 Å². The molecular weight excluding hydrogens is 138 g/mol. The van der Waals surface area contributed by atoms with E-state index >= 15 is 0 Å². The van der Waals surface area contributed by atoms with Crippen molar-refractivity contribution in [3.63, 3.8) is 0 Å². The van der Waals surface area contributed by atoms with Crippen molar-refractivity contribution in [2.75, 3.05) is 19.1 Å². The molecule has 0 unspecified atom stereocenters. The van der Waals surface area contributed by atoms with Gasteiger partial charge >= 0.3 is 0 Å². The number of nitrogens with zero attached hydrogens (tertiary/aromatic N) is 3. The van der Waals surface area contributed by atoms with Crippen LogP contribution in [0.1, 0.15) is 5.56 Å². The minimum atomic E-state index is 0.972. The Kier molecular flexibility index (Phi) is 1.32. The number of aromatic nitrogens is 1. The molecule has 0 amide bonds. The number of anilines is 1. The molecule has 0 saturated heterocycles. The Bertz CT molecular complexity index is 272. The largest absolute Gasteiger partial charge is 0.292 e. The highest BCUT2D eigenvalue weighted by Gasteiger charge is 2.20. The predicted octanol–water partition coefficient (Wildman–Crippen LogP) is 0.878. The van der Waals surface area contributed by atoms with E-state index in [0.717, 1.165) is 12.4 Å². The third-order valence-electron chi connectivity index (χ3n) is 2.09. The van der Waals surface area contributed by atoms with Crippen LogP contribution in [0, 0.1) is 0 Å². The molecule has 1 aromatic heterocycles. The maximum absolute atomic E-state index is 4.27. The van der Waals surface area contributed by atoms with Crippen LogP contribution in [-0.4, -0.2) is 24.1 Å². The molecule has 1 aliphatic rings. The highest BCUT2D eigenvalue weighted by Crippen LogP contribution is 2.25. The molecule has 2 heterocycles. The van der Waals surface area contributed by atoms with Crippen molar-refractivity contribution >= 4 is 5.82 Å². The maximum atomic E-state index is 4.27. The molecule has 58 valence electrons. The van der Waals surface area contributed by atoms with E-state index in [1.54, 1.807) is 0 Å². The zero-order valence-electron chi connectivity index (χ0n) is 6.78. The summed E-state index contributed by atoms with van der Waals surface area (Å²) in [5, 5.41) is 4.20. The summed E-state index contributed by atoms with van der Waals surface area (Å²) in [6.45, 7) is 0.972. The van der Waals surface area contributed by atoms with Crippen molar-refractivity contribution in [1.29, 1.82) is 0 Å². The Labute approximate surface area is 66.2 Å². The normalized spacial score (nSPS) is 17.1. The van der Waals surface area contributed by atoms with E-state index < -0.39 is 0 Å². The summed E-state index contributed by atoms with van der Waals surface area (Å²) in [5.41, 5.74) is 1.30. The number of hydrazine groups is 1. The van der Waals surface area contributed by atoms with Crippen molar-refractivity contribution in [2.24, 2.45) is 0 Å². The molecular formula is C8H11N3. The molecule has 1 aromatic rings. The van der Waals surface area contributed by atoms with Gasteiger partial charge in [-0.25, -0.2) is 9.99 Å². The first-order valence-electron chi connectivity index (χ1n) is 3.67. The monoisotopic (exact) mass is 149 g/mol. The number of hydrogen-bond donors (Lipinski definition) is 0. The standard InChI is InChI=1S/C8H11N3/c1-10-6-7-4-3-5-9-8(7)11(10)2/h3-5H,6H2,1-2H3. The zero-order valence-corrected chi connectivity index (χ0v) is 6.78.